The number of aryl methyl sites for hydroxylation is 1. The highest BCUT2D eigenvalue weighted by Gasteiger charge is 2.21. The summed E-state index contributed by atoms with van der Waals surface area (Å²) in [6, 6.07) is 16.2. The Bertz CT molecular complexity index is 1130. The summed E-state index contributed by atoms with van der Waals surface area (Å²) in [4.78, 5) is 14.5. The number of halogens is 3. The predicted octanol–water partition coefficient (Wildman–Crippen LogP) is 5.42. The Labute approximate surface area is 191 Å². The van der Waals surface area contributed by atoms with Crippen LogP contribution in [0.3, 0.4) is 0 Å². The van der Waals surface area contributed by atoms with E-state index in [-0.39, 0.29) is 23.7 Å². The molecule has 33 heavy (non-hydrogen) atoms. The van der Waals surface area contributed by atoms with Gasteiger partial charge in [0.15, 0.2) is 0 Å². The van der Waals surface area contributed by atoms with Gasteiger partial charge in [-0.05, 0) is 67.8 Å². The Kier molecular flexibility index (Phi) is 6.99. The minimum atomic E-state index is -0.559. The summed E-state index contributed by atoms with van der Waals surface area (Å²) < 4.78 is 41.9. The van der Waals surface area contributed by atoms with Crippen LogP contribution in [0.1, 0.15) is 34.3 Å². The minimum Gasteiger partial charge on any atom is -0.371 e. The zero-order valence-corrected chi connectivity index (χ0v) is 18.4. The van der Waals surface area contributed by atoms with Crippen LogP contribution in [-0.2, 0) is 6.54 Å². The number of benzene rings is 3. The van der Waals surface area contributed by atoms with Crippen LogP contribution >= 0.6 is 0 Å². The highest BCUT2D eigenvalue weighted by atomic mass is 19.1. The molecule has 172 valence electrons. The van der Waals surface area contributed by atoms with Crippen LogP contribution in [0.25, 0.3) is 0 Å². The van der Waals surface area contributed by atoms with Gasteiger partial charge in [0.05, 0.1) is 5.56 Å². The number of rotatable bonds is 6. The van der Waals surface area contributed by atoms with E-state index in [2.05, 4.69) is 15.5 Å². The summed E-state index contributed by atoms with van der Waals surface area (Å²) in [5.41, 5.74) is 2.14. The van der Waals surface area contributed by atoms with Gasteiger partial charge in [-0.1, -0.05) is 18.2 Å². The normalized spacial score (nSPS) is 14.4. The first kappa shape index (κ1) is 22.9. The first-order valence-corrected chi connectivity index (χ1v) is 11.0. The van der Waals surface area contributed by atoms with E-state index in [0.29, 0.717) is 11.3 Å². The number of piperidine rings is 1. The minimum absolute atomic E-state index is 0.00146. The quantitative estimate of drug-likeness (QED) is 0.524. The highest BCUT2D eigenvalue weighted by Crippen LogP contribution is 2.23. The maximum Gasteiger partial charge on any atom is 0.258 e. The molecule has 0 spiro atoms. The molecule has 4 nitrogen and oxygen atoms in total. The fourth-order valence-electron chi connectivity index (χ4n) is 4.06. The predicted molar refractivity (Wildman–Crippen MR) is 124 cm³/mol. The Morgan fingerprint density at radius 2 is 1.64 bits per heavy atom. The van der Waals surface area contributed by atoms with Crippen LogP contribution in [0, 0.1) is 24.4 Å². The standard InChI is InChI=1S/C26H26F3N3O/c1-17-6-11-24(28)22(25(17)29)16-30-18-12-14-32(15-13-18)20-9-7-19(8-10-20)31-26(33)21-4-2-3-5-23(21)27/h2-11,18,30H,12-16H2,1H3,(H,31,33). The Balaban J connectivity index is 1.29. The summed E-state index contributed by atoms with van der Waals surface area (Å²) >= 11 is 0. The van der Waals surface area contributed by atoms with Crippen molar-refractivity contribution in [3.8, 4) is 0 Å². The number of hydrogen-bond donors (Lipinski definition) is 2. The third-order valence-electron chi connectivity index (χ3n) is 6.05. The largest absolute Gasteiger partial charge is 0.371 e. The second kappa shape index (κ2) is 10.1. The van der Waals surface area contributed by atoms with Crippen molar-refractivity contribution in [2.24, 2.45) is 0 Å². The first-order chi connectivity index (χ1) is 15.9. The molecule has 0 aromatic heterocycles. The van der Waals surface area contributed by atoms with E-state index in [1.54, 1.807) is 31.2 Å². The molecule has 0 radical (unpaired) electrons. The molecule has 4 rings (SSSR count). The molecule has 1 aliphatic heterocycles. The van der Waals surface area contributed by atoms with Gasteiger partial charge in [-0.3, -0.25) is 4.79 Å². The van der Waals surface area contributed by atoms with Crippen LogP contribution in [0.15, 0.2) is 60.7 Å². The van der Waals surface area contributed by atoms with Crippen LogP contribution in [0.5, 0.6) is 0 Å². The second-order valence-corrected chi connectivity index (χ2v) is 8.28. The number of amides is 1. The fourth-order valence-corrected chi connectivity index (χ4v) is 4.06. The van der Waals surface area contributed by atoms with Crippen molar-refractivity contribution in [1.29, 1.82) is 0 Å². The number of nitrogens with zero attached hydrogens (tertiary/aromatic N) is 1. The number of hydrogen-bond acceptors (Lipinski definition) is 3. The second-order valence-electron chi connectivity index (χ2n) is 8.28. The van der Waals surface area contributed by atoms with Crippen molar-refractivity contribution in [1.82, 2.24) is 5.32 Å². The molecule has 0 aliphatic carbocycles. The zero-order valence-electron chi connectivity index (χ0n) is 18.4. The number of anilines is 2. The lowest BCUT2D eigenvalue weighted by Crippen LogP contribution is -2.42. The molecule has 1 aliphatic rings. The van der Waals surface area contributed by atoms with Crippen molar-refractivity contribution in [3.63, 3.8) is 0 Å². The third-order valence-corrected chi connectivity index (χ3v) is 6.05. The third kappa shape index (κ3) is 5.37. The molecule has 0 atom stereocenters. The van der Waals surface area contributed by atoms with E-state index in [4.69, 9.17) is 0 Å². The lowest BCUT2D eigenvalue weighted by molar-refractivity contribution is 0.102. The van der Waals surface area contributed by atoms with Crippen molar-refractivity contribution >= 4 is 17.3 Å². The van der Waals surface area contributed by atoms with Gasteiger partial charge in [0.25, 0.3) is 5.91 Å². The van der Waals surface area contributed by atoms with Gasteiger partial charge in [-0.15, -0.1) is 0 Å². The van der Waals surface area contributed by atoms with E-state index in [1.807, 2.05) is 12.1 Å². The van der Waals surface area contributed by atoms with Gasteiger partial charge in [0.2, 0.25) is 0 Å². The van der Waals surface area contributed by atoms with Crippen molar-refractivity contribution in [2.75, 3.05) is 23.3 Å². The molecule has 2 N–H and O–H groups in total. The molecule has 1 heterocycles. The molecule has 1 amide bonds. The molecule has 3 aromatic carbocycles. The number of nitrogens with one attached hydrogen (secondary N) is 2. The summed E-state index contributed by atoms with van der Waals surface area (Å²) in [5.74, 6) is -2.06. The molecule has 3 aromatic rings. The van der Waals surface area contributed by atoms with E-state index in [9.17, 15) is 18.0 Å². The van der Waals surface area contributed by atoms with Gasteiger partial charge in [-0.2, -0.15) is 0 Å². The number of carbonyl (C=O) groups is 1. The van der Waals surface area contributed by atoms with Gasteiger partial charge in [-0.25, -0.2) is 13.2 Å². The van der Waals surface area contributed by atoms with Crippen LogP contribution in [0.2, 0.25) is 0 Å². The van der Waals surface area contributed by atoms with Crippen molar-refractivity contribution in [2.45, 2.75) is 32.4 Å². The average molecular weight is 454 g/mol. The van der Waals surface area contributed by atoms with Crippen molar-refractivity contribution in [3.05, 3.63) is 94.8 Å². The topological polar surface area (TPSA) is 44.4 Å². The fraction of sp³-hybridized carbons (Fsp3) is 0.269. The van der Waals surface area contributed by atoms with Crippen LogP contribution < -0.4 is 15.5 Å². The summed E-state index contributed by atoms with van der Waals surface area (Å²) in [6.45, 7) is 3.41. The molecule has 7 heteroatoms. The average Bonchev–Trinajstić information content (AvgIpc) is 2.83. The first-order valence-electron chi connectivity index (χ1n) is 11.0. The van der Waals surface area contributed by atoms with Gasteiger partial charge in [0, 0.05) is 42.6 Å². The smallest absolute Gasteiger partial charge is 0.258 e. The maximum atomic E-state index is 14.2. The molecular weight excluding hydrogens is 427 g/mol. The lowest BCUT2D eigenvalue weighted by atomic mass is 10.0. The Hall–Kier alpha value is -3.32. The van der Waals surface area contributed by atoms with Crippen LogP contribution in [-0.4, -0.2) is 25.0 Å². The Morgan fingerprint density at radius 1 is 0.939 bits per heavy atom. The van der Waals surface area contributed by atoms with E-state index < -0.39 is 23.4 Å². The highest BCUT2D eigenvalue weighted by molar-refractivity contribution is 6.04. The van der Waals surface area contributed by atoms with Crippen molar-refractivity contribution < 1.29 is 18.0 Å². The molecular formula is C26H26F3N3O. The summed E-state index contributed by atoms with van der Waals surface area (Å²) in [6.07, 6.45) is 1.70. The van der Waals surface area contributed by atoms with Gasteiger partial charge < -0.3 is 15.5 Å². The Morgan fingerprint density at radius 3 is 2.33 bits per heavy atom. The zero-order chi connectivity index (χ0) is 23.4. The molecule has 0 unspecified atom stereocenters. The van der Waals surface area contributed by atoms with Gasteiger partial charge >= 0.3 is 0 Å². The van der Waals surface area contributed by atoms with Crippen LogP contribution in [0.4, 0.5) is 24.5 Å². The summed E-state index contributed by atoms with van der Waals surface area (Å²) in [7, 11) is 0. The number of carbonyl (C=O) groups excluding carboxylic acids is 1. The van der Waals surface area contributed by atoms with E-state index >= 15 is 0 Å². The molecule has 1 fully saturated rings. The summed E-state index contributed by atoms with van der Waals surface area (Å²) in [5, 5.41) is 6.00. The van der Waals surface area contributed by atoms with E-state index in [1.165, 1.54) is 24.3 Å². The monoisotopic (exact) mass is 453 g/mol. The van der Waals surface area contributed by atoms with Gasteiger partial charge in [0.1, 0.15) is 17.5 Å². The molecule has 0 bridgehead atoms. The molecule has 1 saturated heterocycles. The van der Waals surface area contributed by atoms with E-state index in [0.717, 1.165) is 31.6 Å². The SMILES string of the molecule is Cc1ccc(F)c(CNC2CCN(c3ccc(NC(=O)c4ccccc4F)cc3)CC2)c1F. The lowest BCUT2D eigenvalue weighted by Gasteiger charge is -2.34. The maximum absolute atomic E-state index is 14.2. The molecule has 0 saturated carbocycles.